The van der Waals surface area contributed by atoms with Crippen molar-refractivity contribution >= 4 is 11.6 Å². The summed E-state index contributed by atoms with van der Waals surface area (Å²) in [5, 5.41) is 11.9. The molecule has 1 unspecified atom stereocenters. The van der Waals surface area contributed by atoms with Gasteiger partial charge in [0.05, 0.1) is 32.1 Å². The van der Waals surface area contributed by atoms with Crippen LogP contribution in [0.1, 0.15) is 6.42 Å². The maximum atomic E-state index is 12.0. The monoisotopic (exact) mass is 294 g/mol. The molecule has 21 heavy (non-hydrogen) atoms. The summed E-state index contributed by atoms with van der Waals surface area (Å²) in [5.74, 6) is 0.601. The van der Waals surface area contributed by atoms with Gasteiger partial charge >= 0.3 is 0 Å². The second-order valence-corrected chi connectivity index (χ2v) is 4.97. The van der Waals surface area contributed by atoms with E-state index in [1.54, 1.807) is 7.11 Å². The topological polar surface area (TPSA) is 71.0 Å². The van der Waals surface area contributed by atoms with Crippen LogP contribution >= 0.6 is 0 Å². The van der Waals surface area contributed by atoms with Crippen LogP contribution in [0.3, 0.4) is 0 Å². The molecule has 0 saturated carbocycles. The number of hydrogen-bond donors (Lipinski definition) is 2. The number of benzene rings is 1. The number of carbonyl (C=O) groups excluding carboxylic acids is 1. The zero-order valence-electron chi connectivity index (χ0n) is 12.2. The second-order valence-electron chi connectivity index (χ2n) is 4.97. The third kappa shape index (κ3) is 4.70. The zero-order chi connectivity index (χ0) is 15.1. The highest BCUT2D eigenvalue weighted by atomic mass is 16.5. The van der Waals surface area contributed by atoms with E-state index < -0.39 is 0 Å². The van der Waals surface area contributed by atoms with Gasteiger partial charge in [-0.2, -0.15) is 0 Å². The number of rotatable bonds is 6. The first kappa shape index (κ1) is 15.8. The molecule has 2 N–H and O–H groups in total. The molecule has 6 heteroatoms. The number of hydrogen-bond acceptors (Lipinski definition) is 5. The van der Waals surface area contributed by atoms with E-state index >= 15 is 0 Å². The highest BCUT2D eigenvalue weighted by molar-refractivity contribution is 5.92. The largest absolute Gasteiger partial charge is 0.495 e. The van der Waals surface area contributed by atoms with Crippen LogP contribution in [0.15, 0.2) is 24.3 Å². The Hall–Kier alpha value is -1.63. The van der Waals surface area contributed by atoms with Crippen molar-refractivity contribution in [3.8, 4) is 5.75 Å². The molecule has 0 radical (unpaired) electrons. The lowest BCUT2D eigenvalue weighted by molar-refractivity contribution is -0.117. The molecule has 1 aromatic rings. The SMILES string of the molecule is COc1ccccc1NC(=O)CCN1CCOC(CO)C1. The minimum atomic E-state index is -0.143. The molecule has 1 atom stereocenters. The summed E-state index contributed by atoms with van der Waals surface area (Å²) in [6.45, 7) is 2.72. The number of carbonyl (C=O) groups is 1. The fourth-order valence-electron chi connectivity index (χ4n) is 2.31. The van der Waals surface area contributed by atoms with Gasteiger partial charge < -0.3 is 19.9 Å². The fraction of sp³-hybridized carbons (Fsp3) is 0.533. The number of aliphatic hydroxyl groups is 1. The van der Waals surface area contributed by atoms with Crippen LogP contribution in [0.2, 0.25) is 0 Å². The Kier molecular flexibility index (Phi) is 5.98. The van der Waals surface area contributed by atoms with Gasteiger partial charge in [-0.1, -0.05) is 12.1 Å². The Morgan fingerprint density at radius 2 is 2.33 bits per heavy atom. The van der Waals surface area contributed by atoms with E-state index in [1.807, 2.05) is 24.3 Å². The number of anilines is 1. The Morgan fingerprint density at radius 3 is 3.10 bits per heavy atom. The second kappa shape index (κ2) is 7.97. The number of para-hydroxylation sites is 2. The molecule has 1 aliphatic rings. The van der Waals surface area contributed by atoms with Crippen LogP contribution < -0.4 is 10.1 Å². The molecule has 1 aliphatic heterocycles. The van der Waals surface area contributed by atoms with E-state index in [0.717, 1.165) is 6.54 Å². The van der Waals surface area contributed by atoms with Gasteiger partial charge in [0.15, 0.2) is 0 Å². The van der Waals surface area contributed by atoms with Gasteiger partial charge in [0.1, 0.15) is 5.75 Å². The van der Waals surface area contributed by atoms with Crippen molar-refractivity contribution in [2.45, 2.75) is 12.5 Å². The predicted octanol–water partition coefficient (Wildman–Crippen LogP) is 0.717. The van der Waals surface area contributed by atoms with Crippen LogP contribution in [-0.2, 0) is 9.53 Å². The van der Waals surface area contributed by atoms with Crippen LogP contribution in [0, 0.1) is 0 Å². The Morgan fingerprint density at radius 1 is 1.52 bits per heavy atom. The highest BCUT2D eigenvalue weighted by Crippen LogP contribution is 2.23. The molecule has 0 aliphatic carbocycles. The lowest BCUT2D eigenvalue weighted by atomic mass is 10.2. The maximum Gasteiger partial charge on any atom is 0.225 e. The minimum absolute atomic E-state index is 0.0178. The third-order valence-electron chi connectivity index (χ3n) is 3.46. The summed E-state index contributed by atoms with van der Waals surface area (Å²) in [5.41, 5.74) is 0.681. The lowest BCUT2D eigenvalue weighted by Gasteiger charge is -2.31. The van der Waals surface area contributed by atoms with Gasteiger partial charge in [0, 0.05) is 26.1 Å². The smallest absolute Gasteiger partial charge is 0.225 e. The number of nitrogens with zero attached hydrogens (tertiary/aromatic N) is 1. The van der Waals surface area contributed by atoms with Gasteiger partial charge in [0.25, 0.3) is 0 Å². The van der Waals surface area contributed by atoms with Crippen LogP contribution in [0.4, 0.5) is 5.69 Å². The molecule has 6 nitrogen and oxygen atoms in total. The van der Waals surface area contributed by atoms with Gasteiger partial charge in [0.2, 0.25) is 5.91 Å². The molecule has 1 saturated heterocycles. The van der Waals surface area contributed by atoms with E-state index in [1.165, 1.54) is 0 Å². The van der Waals surface area contributed by atoms with Crippen molar-refractivity contribution in [3.63, 3.8) is 0 Å². The van der Waals surface area contributed by atoms with Gasteiger partial charge in [-0.25, -0.2) is 0 Å². The highest BCUT2D eigenvalue weighted by Gasteiger charge is 2.20. The molecule has 2 rings (SSSR count). The predicted molar refractivity (Wildman–Crippen MR) is 79.5 cm³/mol. The third-order valence-corrected chi connectivity index (χ3v) is 3.46. The average Bonchev–Trinajstić information content (AvgIpc) is 2.53. The molecule has 1 heterocycles. The number of morpholine rings is 1. The van der Waals surface area contributed by atoms with Crippen LogP contribution in [0.25, 0.3) is 0 Å². The fourth-order valence-corrected chi connectivity index (χ4v) is 2.31. The van der Waals surface area contributed by atoms with Crippen molar-refractivity contribution in [2.24, 2.45) is 0 Å². The number of amides is 1. The van der Waals surface area contributed by atoms with Crippen molar-refractivity contribution in [1.82, 2.24) is 4.90 Å². The van der Waals surface area contributed by atoms with Crippen LogP contribution in [-0.4, -0.2) is 62.0 Å². The molecule has 1 fully saturated rings. The van der Waals surface area contributed by atoms with E-state index in [-0.39, 0.29) is 18.6 Å². The van der Waals surface area contributed by atoms with Crippen molar-refractivity contribution in [2.75, 3.05) is 45.3 Å². The van der Waals surface area contributed by atoms with Crippen molar-refractivity contribution in [3.05, 3.63) is 24.3 Å². The normalized spacial score (nSPS) is 19.2. The Bertz CT molecular complexity index is 467. The number of ether oxygens (including phenoxy) is 2. The summed E-state index contributed by atoms with van der Waals surface area (Å²) >= 11 is 0. The maximum absolute atomic E-state index is 12.0. The quantitative estimate of drug-likeness (QED) is 0.809. The first-order chi connectivity index (χ1) is 10.2. The van der Waals surface area contributed by atoms with E-state index in [0.29, 0.717) is 37.6 Å². The zero-order valence-corrected chi connectivity index (χ0v) is 12.2. The standard InChI is InChI=1S/C15H22N2O4/c1-20-14-5-3-2-4-13(14)16-15(19)6-7-17-8-9-21-12(10-17)11-18/h2-5,12,18H,6-11H2,1H3,(H,16,19). The minimum Gasteiger partial charge on any atom is -0.495 e. The molecule has 116 valence electrons. The van der Waals surface area contributed by atoms with Gasteiger partial charge in [-0.05, 0) is 12.1 Å². The summed E-state index contributed by atoms with van der Waals surface area (Å²) in [4.78, 5) is 14.1. The molecule has 0 spiro atoms. The summed E-state index contributed by atoms with van der Waals surface area (Å²) < 4.78 is 10.6. The van der Waals surface area contributed by atoms with E-state index in [9.17, 15) is 4.79 Å². The molecule has 1 amide bonds. The first-order valence-corrected chi connectivity index (χ1v) is 7.10. The Labute approximate surface area is 124 Å². The number of methoxy groups -OCH3 is 1. The van der Waals surface area contributed by atoms with E-state index in [2.05, 4.69) is 10.2 Å². The summed E-state index contributed by atoms with van der Waals surface area (Å²) in [6, 6.07) is 7.33. The Balaban J connectivity index is 1.79. The summed E-state index contributed by atoms with van der Waals surface area (Å²) in [6.07, 6.45) is 0.256. The van der Waals surface area contributed by atoms with Crippen molar-refractivity contribution < 1.29 is 19.4 Å². The average molecular weight is 294 g/mol. The number of aliphatic hydroxyl groups excluding tert-OH is 1. The van der Waals surface area contributed by atoms with Crippen LogP contribution in [0.5, 0.6) is 5.75 Å². The molecular formula is C15H22N2O4. The van der Waals surface area contributed by atoms with Crippen molar-refractivity contribution in [1.29, 1.82) is 0 Å². The van der Waals surface area contributed by atoms with E-state index in [4.69, 9.17) is 14.6 Å². The van der Waals surface area contributed by atoms with Gasteiger partial charge in [-0.15, -0.1) is 0 Å². The molecule has 0 bridgehead atoms. The molecule has 0 aromatic heterocycles. The lowest BCUT2D eigenvalue weighted by Crippen LogP contribution is -2.44. The summed E-state index contributed by atoms with van der Waals surface area (Å²) in [7, 11) is 1.58. The van der Waals surface area contributed by atoms with Gasteiger partial charge in [-0.3, -0.25) is 9.69 Å². The number of nitrogens with one attached hydrogen (secondary N) is 1. The molecular weight excluding hydrogens is 272 g/mol. The first-order valence-electron chi connectivity index (χ1n) is 7.10. The molecule has 1 aromatic carbocycles.